The third-order valence-corrected chi connectivity index (χ3v) is 17.1. The Balaban J connectivity index is 0.740. The number of phosphoric acid groups is 2. The van der Waals surface area contributed by atoms with E-state index in [-0.39, 0.29) is 54.9 Å². The highest BCUT2D eigenvalue weighted by molar-refractivity contribution is 7.60. The first kappa shape index (κ1) is 51.8. The molecule has 0 saturated carbocycles. The Hall–Kier alpha value is -6.33. The van der Waals surface area contributed by atoms with Crippen LogP contribution in [-0.2, 0) is 57.9 Å². The minimum Gasteiger partial charge on any atom is -0.455 e. The van der Waals surface area contributed by atoms with E-state index < -0.39 is 52.9 Å². The van der Waals surface area contributed by atoms with Crippen LogP contribution in [0.25, 0.3) is 16.7 Å². The molecule has 1 unspecified atom stereocenters. The number of nitrogens with zero attached hydrogens (tertiary/aromatic N) is 7. The number of aliphatic hydroxyl groups excluding tert-OH is 1. The lowest BCUT2D eigenvalue weighted by Gasteiger charge is -2.39. The minimum absolute atomic E-state index is 0.0186. The maximum Gasteiger partial charge on any atom is 0.481 e. The van der Waals surface area contributed by atoms with Crippen LogP contribution in [0.1, 0.15) is 88.5 Å². The number of fused-ring (bicyclic) bond motifs is 5. The van der Waals surface area contributed by atoms with Gasteiger partial charge in [-0.2, -0.15) is 4.31 Å². The molecule has 2 aromatic heterocycles. The highest BCUT2D eigenvalue weighted by atomic mass is 31.3. The molecule has 6 aliphatic rings. The van der Waals surface area contributed by atoms with Gasteiger partial charge in [0.05, 0.1) is 18.5 Å². The van der Waals surface area contributed by atoms with Gasteiger partial charge in [0.1, 0.15) is 48.6 Å². The Morgan fingerprint density at radius 1 is 0.921 bits per heavy atom. The van der Waals surface area contributed by atoms with E-state index in [0.717, 1.165) is 117 Å². The second-order valence-corrected chi connectivity index (χ2v) is 22.7. The summed E-state index contributed by atoms with van der Waals surface area (Å²) in [5.41, 5.74) is 16.2. The zero-order chi connectivity index (χ0) is 53.0. The topological polar surface area (TPSA) is 316 Å². The van der Waals surface area contributed by atoms with E-state index in [0.29, 0.717) is 12.0 Å². The number of ether oxygens (including phenoxy) is 3. The number of carbonyl (C=O) groups is 3. The van der Waals surface area contributed by atoms with Gasteiger partial charge >= 0.3 is 21.7 Å². The van der Waals surface area contributed by atoms with Gasteiger partial charge in [0, 0.05) is 97.8 Å². The van der Waals surface area contributed by atoms with Crippen molar-refractivity contribution in [3.63, 3.8) is 0 Å². The predicted molar refractivity (Wildman–Crippen MR) is 273 cm³/mol. The van der Waals surface area contributed by atoms with Crippen LogP contribution in [0.15, 0.2) is 49.1 Å². The molecule has 402 valence electrons. The number of carbonyl (C=O) groups excluding carboxylic acids is 3. The standard InChI is InChI=1S/C50H58N10O14P2/c1-57(18-8-15-37(61)52-16-17-53-50(64)73-45-36(25-70-76(68,69)74-75(65,66)67)71-49(42(45)62)60-27-56-39-46(51)54-26-55-47(39)60)48(63)31-12-3-2-11-30(31)38-34-23-28-9-4-19-58-21-6-13-32(40(28)58)43(34)72-44-33-14-7-22-59-20-5-10-29(41(33)59)24-35(38)44/h2-3,11-12,23-24,26-27,36,42,45,49,62H,4-10,13-22,25H2,1H3,(H6-,51,52,53,54,55,61,64,65,66,67,68,69)/p+1/t36-,42-,45-,49-/m1/s1. The number of anilines is 2. The Bertz CT molecular complexity index is 3400. The maximum atomic E-state index is 14.6. The van der Waals surface area contributed by atoms with Gasteiger partial charge in [-0.1, -0.05) is 18.2 Å². The number of hydrogen-bond acceptors (Lipinski definition) is 16. The van der Waals surface area contributed by atoms with Gasteiger partial charge in [0.2, 0.25) is 11.3 Å². The van der Waals surface area contributed by atoms with Gasteiger partial charge in [-0.15, -0.1) is 0 Å². The second kappa shape index (κ2) is 20.9. The van der Waals surface area contributed by atoms with Gasteiger partial charge in [0.25, 0.3) is 5.91 Å². The van der Waals surface area contributed by atoms with Gasteiger partial charge in [-0.25, -0.2) is 33.5 Å². The smallest absolute Gasteiger partial charge is 0.455 e. The molecular formula is C50H59N10O14P2+. The zero-order valence-electron chi connectivity index (χ0n) is 41.6. The quantitative estimate of drug-likeness (QED) is 0.0415. The first-order valence-electron chi connectivity index (χ1n) is 25.5. The number of aliphatic hydroxyl groups is 1. The summed E-state index contributed by atoms with van der Waals surface area (Å²) >= 11 is 0. The van der Waals surface area contributed by atoms with Crippen LogP contribution >= 0.6 is 15.6 Å². The fraction of sp³-hybridized carbons (Fsp3) is 0.460. The summed E-state index contributed by atoms with van der Waals surface area (Å²) in [5, 5.41) is 18.9. The normalized spacial score (nSPS) is 21.1. The number of aryl methyl sites for hydroxylation is 2. The molecule has 26 heteroatoms. The van der Waals surface area contributed by atoms with Crippen LogP contribution in [-0.4, -0.2) is 140 Å². The van der Waals surface area contributed by atoms with Crippen LogP contribution in [0.3, 0.4) is 0 Å². The van der Waals surface area contributed by atoms with E-state index in [2.05, 4.69) is 51.5 Å². The van der Waals surface area contributed by atoms with Gasteiger partial charge < -0.3 is 60.2 Å². The van der Waals surface area contributed by atoms with E-state index in [1.165, 1.54) is 44.2 Å². The molecule has 3 aromatic carbocycles. The summed E-state index contributed by atoms with van der Waals surface area (Å²) in [6.45, 7) is 3.33. The van der Waals surface area contributed by atoms with Gasteiger partial charge in [-0.3, -0.25) is 18.7 Å². The first-order valence-corrected chi connectivity index (χ1v) is 28.6. The molecule has 0 spiro atoms. The molecule has 0 aliphatic carbocycles. The monoisotopic (exact) mass is 1090 g/mol. The molecular weight excluding hydrogens is 1030 g/mol. The van der Waals surface area contributed by atoms with Crippen molar-refractivity contribution in [2.24, 2.45) is 0 Å². The molecule has 1 fully saturated rings. The average Bonchev–Trinajstić information content (AvgIpc) is 4.04. The van der Waals surface area contributed by atoms with Gasteiger partial charge in [-0.05, 0) is 74.3 Å². The Kier molecular flexibility index (Phi) is 14.2. The van der Waals surface area contributed by atoms with Crippen molar-refractivity contribution in [2.45, 2.75) is 88.7 Å². The third kappa shape index (κ3) is 10.1. The van der Waals surface area contributed by atoms with E-state index in [4.69, 9.17) is 34.3 Å². The molecule has 11 rings (SSSR count). The van der Waals surface area contributed by atoms with Crippen molar-refractivity contribution >= 4 is 61.8 Å². The number of rotatable bonds is 16. The molecule has 76 heavy (non-hydrogen) atoms. The molecule has 6 aliphatic heterocycles. The van der Waals surface area contributed by atoms with Crippen molar-refractivity contribution in [3.05, 3.63) is 98.6 Å². The number of alkyl carbamates (subject to hydrolysis) is 1. The number of imidazole rings is 1. The molecule has 1 saturated heterocycles. The third-order valence-electron chi connectivity index (χ3n) is 14.9. The van der Waals surface area contributed by atoms with Crippen molar-refractivity contribution in [1.29, 1.82) is 0 Å². The highest BCUT2D eigenvalue weighted by Gasteiger charge is 2.49. The second-order valence-electron chi connectivity index (χ2n) is 19.8. The maximum absolute atomic E-state index is 14.6. The van der Waals surface area contributed by atoms with E-state index >= 15 is 0 Å². The average molecular weight is 1090 g/mol. The first-order chi connectivity index (χ1) is 36.5. The van der Waals surface area contributed by atoms with Crippen LogP contribution in [0.2, 0.25) is 0 Å². The number of aromatic nitrogens is 4. The number of nitrogens with two attached hydrogens (primary N) is 1. The van der Waals surface area contributed by atoms with E-state index in [9.17, 15) is 33.5 Å². The van der Waals surface area contributed by atoms with Crippen LogP contribution in [0, 0.1) is 0 Å². The van der Waals surface area contributed by atoms with Crippen molar-refractivity contribution in [3.8, 4) is 11.5 Å². The summed E-state index contributed by atoms with van der Waals surface area (Å²) in [6.07, 6.45) is 3.62. The lowest BCUT2D eigenvalue weighted by Crippen LogP contribution is -2.45. The fourth-order valence-corrected chi connectivity index (χ4v) is 13.3. The lowest BCUT2D eigenvalue weighted by atomic mass is 9.81. The van der Waals surface area contributed by atoms with Crippen molar-refractivity contribution in [2.75, 3.05) is 70.1 Å². The number of benzene rings is 3. The molecule has 5 atom stereocenters. The zero-order valence-corrected chi connectivity index (χ0v) is 43.4. The van der Waals surface area contributed by atoms with Crippen molar-refractivity contribution < 1.29 is 66.3 Å². The van der Waals surface area contributed by atoms with Crippen molar-refractivity contribution in [1.82, 2.24) is 39.6 Å². The lowest BCUT2D eigenvalue weighted by molar-refractivity contribution is -0.121. The van der Waals surface area contributed by atoms with E-state index in [1.807, 2.05) is 24.3 Å². The minimum atomic E-state index is -5.48. The summed E-state index contributed by atoms with van der Waals surface area (Å²) < 4.78 is 54.4. The van der Waals surface area contributed by atoms with E-state index in [1.54, 1.807) is 11.9 Å². The van der Waals surface area contributed by atoms with Crippen LogP contribution in [0.4, 0.5) is 16.3 Å². The number of amides is 3. The Morgan fingerprint density at radius 3 is 2.49 bits per heavy atom. The number of nitrogens with one attached hydrogen (secondary N) is 2. The van der Waals surface area contributed by atoms with Crippen LogP contribution in [0.5, 0.6) is 11.5 Å². The fourth-order valence-electron chi connectivity index (χ4n) is 11.7. The predicted octanol–water partition coefficient (Wildman–Crippen LogP) is 2.09. The summed E-state index contributed by atoms with van der Waals surface area (Å²) in [7, 11) is -9.12. The molecule has 3 amide bonds. The molecule has 5 aromatic rings. The highest BCUT2D eigenvalue weighted by Crippen LogP contribution is 2.58. The molecule has 24 nitrogen and oxygen atoms in total. The molecule has 8 heterocycles. The number of hydrogen-bond donors (Lipinski definition) is 7. The molecule has 0 radical (unpaired) electrons. The Morgan fingerprint density at radius 2 is 1.67 bits per heavy atom. The van der Waals surface area contributed by atoms with Crippen LogP contribution < -0.4 is 41.2 Å². The molecule has 0 bridgehead atoms. The Labute approximate surface area is 435 Å². The largest absolute Gasteiger partial charge is 0.481 e. The molecule has 8 N–H and O–H groups in total. The number of nitrogen functional groups attached to an aromatic ring is 1. The summed E-state index contributed by atoms with van der Waals surface area (Å²) in [6, 6.07) is 12.5. The number of phosphoric ester groups is 1. The summed E-state index contributed by atoms with van der Waals surface area (Å²) in [4.78, 5) is 85.0. The summed E-state index contributed by atoms with van der Waals surface area (Å²) in [5.74, 6) is 1.34. The van der Waals surface area contributed by atoms with Gasteiger partial charge in [0.15, 0.2) is 23.8 Å². The SMILES string of the molecule is CN(CCCC(=O)NCCNC(=O)O[C@H]1[C@@H](O)[C@H](n2cnc3c(N)ncnc32)O[C@@H]1COP(=O)(O)OP(=O)(O)O)C(=O)c1ccccc1C1=c2cc3c4c(c2Oc2c1cc1c5c2CCCN5CCC1)CCC[N+]=4CCC3.